The van der Waals surface area contributed by atoms with Crippen LogP contribution in [0.3, 0.4) is 0 Å². The highest BCUT2D eigenvalue weighted by atomic mass is 16.5. The van der Waals surface area contributed by atoms with Crippen LogP contribution >= 0.6 is 0 Å². The Morgan fingerprint density at radius 1 is 1.11 bits per heavy atom. The Bertz CT molecular complexity index is 938. The van der Waals surface area contributed by atoms with Gasteiger partial charge in [-0.3, -0.25) is 4.79 Å². The number of benzene rings is 2. The van der Waals surface area contributed by atoms with Gasteiger partial charge in [0.15, 0.2) is 6.20 Å². The molecule has 4 heteroatoms. The number of pyridine rings is 1. The number of carbonyl (C=O) groups excluding carboxylic acids is 1. The summed E-state index contributed by atoms with van der Waals surface area (Å²) in [6, 6.07) is 19.2. The first kappa shape index (κ1) is 18.9. The zero-order chi connectivity index (χ0) is 19.4. The van der Waals surface area contributed by atoms with Crippen LogP contribution in [0.5, 0.6) is 0 Å². The van der Waals surface area contributed by atoms with Crippen molar-refractivity contribution in [3.05, 3.63) is 83.2 Å². The Kier molecular flexibility index (Phi) is 5.45. The highest BCUT2D eigenvalue weighted by Gasteiger charge is 2.29. The number of fused-ring (bicyclic) bond motifs is 1. The summed E-state index contributed by atoms with van der Waals surface area (Å²) in [4.78, 5) is 13.0. The lowest BCUT2D eigenvalue weighted by Crippen LogP contribution is -2.49. The Morgan fingerprint density at radius 3 is 2.48 bits per heavy atom. The highest BCUT2D eigenvalue weighted by molar-refractivity contribution is 5.96. The predicted molar refractivity (Wildman–Crippen MR) is 108 cm³/mol. The van der Waals surface area contributed by atoms with Crippen LogP contribution in [-0.2, 0) is 6.42 Å². The molecule has 0 radical (unpaired) electrons. The number of para-hydroxylation sites is 1. The van der Waals surface area contributed by atoms with Crippen molar-refractivity contribution >= 4 is 16.8 Å². The molecule has 2 aromatic carbocycles. The predicted octanol–water partition coefficient (Wildman–Crippen LogP) is 4.25. The van der Waals surface area contributed by atoms with Crippen LogP contribution in [0, 0.1) is 11.1 Å². The maximum atomic E-state index is 13.0. The fourth-order valence-electron chi connectivity index (χ4n) is 3.80. The van der Waals surface area contributed by atoms with Gasteiger partial charge < -0.3 is 10.5 Å². The molecule has 3 aromatic rings. The summed E-state index contributed by atoms with van der Waals surface area (Å²) < 4.78 is 0.765. The van der Waals surface area contributed by atoms with Gasteiger partial charge in [0.05, 0.1) is 0 Å². The van der Waals surface area contributed by atoms with Gasteiger partial charge in [0, 0.05) is 17.0 Å². The minimum Gasteiger partial charge on any atom is -0.618 e. The van der Waals surface area contributed by atoms with E-state index in [-0.39, 0.29) is 5.91 Å². The summed E-state index contributed by atoms with van der Waals surface area (Å²) in [5.74, 6) is 0.212. The van der Waals surface area contributed by atoms with E-state index in [1.54, 1.807) is 12.1 Å². The van der Waals surface area contributed by atoms with Crippen LogP contribution in [-0.4, -0.2) is 11.4 Å². The number of aromatic nitrogens is 1. The first-order chi connectivity index (χ1) is 12.9. The summed E-state index contributed by atoms with van der Waals surface area (Å²) in [5.41, 5.74) is 1.72. The van der Waals surface area contributed by atoms with Crippen LogP contribution in [0.25, 0.3) is 10.9 Å². The zero-order valence-corrected chi connectivity index (χ0v) is 16.1. The quantitative estimate of drug-likeness (QED) is 0.526. The SMILES string of the molecule is CC(C)CC(C)(Cc1ccccc1)NC(=O)c1cc2ccccc2[n+]([O-])c1. The largest absolute Gasteiger partial charge is 0.618 e. The van der Waals surface area contributed by atoms with Crippen LogP contribution in [0.4, 0.5) is 0 Å². The molecule has 1 aromatic heterocycles. The summed E-state index contributed by atoms with van der Waals surface area (Å²) >= 11 is 0. The summed E-state index contributed by atoms with van der Waals surface area (Å²) in [6.07, 6.45) is 2.94. The molecule has 0 saturated heterocycles. The average molecular weight is 362 g/mol. The summed E-state index contributed by atoms with van der Waals surface area (Å²) in [6.45, 7) is 6.37. The standard InChI is InChI=1S/C23H26N2O2/c1-17(2)14-23(3,15-18-9-5-4-6-10-18)24-22(26)20-13-19-11-7-8-12-21(19)25(27)16-20/h4-13,16-17H,14-15H2,1-3H3,(H,24,26). The summed E-state index contributed by atoms with van der Waals surface area (Å²) in [5, 5.41) is 16.2. The average Bonchev–Trinajstić information content (AvgIpc) is 2.61. The first-order valence-electron chi connectivity index (χ1n) is 9.35. The second-order valence-electron chi connectivity index (χ2n) is 7.89. The van der Waals surface area contributed by atoms with Gasteiger partial charge in [-0.25, -0.2) is 0 Å². The normalized spacial score (nSPS) is 13.5. The molecule has 1 unspecified atom stereocenters. The maximum absolute atomic E-state index is 13.0. The molecule has 0 aliphatic heterocycles. The van der Waals surface area contributed by atoms with Crippen molar-refractivity contribution in [3.8, 4) is 0 Å². The van der Waals surface area contributed by atoms with E-state index in [2.05, 4.69) is 38.2 Å². The third-order valence-corrected chi connectivity index (χ3v) is 4.71. The lowest BCUT2D eigenvalue weighted by Gasteiger charge is -2.33. The van der Waals surface area contributed by atoms with E-state index in [0.29, 0.717) is 17.0 Å². The fourth-order valence-corrected chi connectivity index (χ4v) is 3.80. The number of hydrogen-bond donors (Lipinski definition) is 1. The molecule has 1 atom stereocenters. The monoisotopic (exact) mass is 362 g/mol. The van der Waals surface area contributed by atoms with Gasteiger partial charge in [-0.1, -0.05) is 56.3 Å². The molecule has 0 fully saturated rings. The van der Waals surface area contributed by atoms with Crippen molar-refractivity contribution in [1.29, 1.82) is 0 Å². The Balaban J connectivity index is 1.88. The second kappa shape index (κ2) is 7.78. The van der Waals surface area contributed by atoms with E-state index in [0.717, 1.165) is 23.0 Å². The van der Waals surface area contributed by atoms with Gasteiger partial charge in [-0.15, -0.1) is 0 Å². The molecule has 1 N–H and O–H groups in total. The molecule has 1 amide bonds. The summed E-state index contributed by atoms with van der Waals surface area (Å²) in [7, 11) is 0. The third-order valence-electron chi connectivity index (χ3n) is 4.71. The van der Waals surface area contributed by atoms with Gasteiger partial charge in [-0.2, -0.15) is 4.73 Å². The second-order valence-corrected chi connectivity index (χ2v) is 7.89. The molecular weight excluding hydrogens is 336 g/mol. The topological polar surface area (TPSA) is 56.0 Å². The minimum absolute atomic E-state index is 0.218. The van der Waals surface area contributed by atoms with E-state index in [1.165, 1.54) is 11.8 Å². The van der Waals surface area contributed by atoms with Gasteiger partial charge in [0.2, 0.25) is 5.52 Å². The molecule has 27 heavy (non-hydrogen) atoms. The van der Waals surface area contributed by atoms with Crippen molar-refractivity contribution in [2.24, 2.45) is 5.92 Å². The van der Waals surface area contributed by atoms with Gasteiger partial charge in [-0.05, 0) is 43.4 Å². The van der Waals surface area contributed by atoms with Crippen LogP contribution in [0.15, 0.2) is 66.9 Å². The number of rotatable bonds is 6. The van der Waals surface area contributed by atoms with Crippen LogP contribution in [0.1, 0.15) is 43.1 Å². The van der Waals surface area contributed by atoms with E-state index < -0.39 is 5.54 Å². The number of nitrogens with zero attached hydrogens (tertiary/aromatic N) is 1. The molecule has 0 aliphatic carbocycles. The van der Waals surface area contributed by atoms with Crippen LogP contribution in [0.2, 0.25) is 0 Å². The van der Waals surface area contributed by atoms with Crippen molar-refractivity contribution in [3.63, 3.8) is 0 Å². The number of carbonyl (C=O) groups is 1. The number of amides is 1. The number of hydrogen-bond acceptors (Lipinski definition) is 2. The smallest absolute Gasteiger partial charge is 0.257 e. The van der Waals surface area contributed by atoms with Crippen molar-refractivity contribution in [2.45, 2.75) is 39.2 Å². The van der Waals surface area contributed by atoms with Gasteiger partial charge >= 0.3 is 0 Å². The zero-order valence-electron chi connectivity index (χ0n) is 16.1. The first-order valence-corrected chi connectivity index (χ1v) is 9.35. The Morgan fingerprint density at radius 2 is 1.78 bits per heavy atom. The van der Waals surface area contributed by atoms with Crippen molar-refractivity contribution in [2.75, 3.05) is 0 Å². The highest BCUT2D eigenvalue weighted by Crippen LogP contribution is 2.23. The molecule has 1 heterocycles. The molecule has 0 spiro atoms. The van der Waals surface area contributed by atoms with E-state index in [4.69, 9.17) is 0 Å². The van der Waals surface area contributed by atoms with Gasteiger partial charge in [0.1, 0.15) is 5.56 Å². The molecule has 4 nitrogen and oxygen atoms in total. The Labute approximate surface area is 160 Å². The number of nitrogens with one attached hydrogen (secondary N) is 1. The lowest BCUT2D eigenvalue weighted by atomic mass is 9.84. The van der Waals surface area contributed by atoms with E-state index in [9.17, 15) is 10.0 Å². The minimum atomic E-state index is -0.397. The van der Waals surface area contributed by atoms with E-state index in [1.807, 2.05) is 36.4 Å². The van der Waals surface area contributed by atoms with Crippen molar-refractivity contribution < 1.29 is 9.52 Å². The lowest BCUT2D eigenvalue weighted by molar-refractivity contribution is -0.577. The molecule has 0 aliphatic rings. The van der Waals surface area contributed by atoms with Crippen LogP contribution < -0.4 is 10.0 Å². The molecule has 0 saturated carbocycles. The van der Waals surface area contributed by atoms with Crippen molar-refractivity contribution in [1.82, 2.24) is 5.32 Å². The molecular formula is C23H26N2O2. The molecule has 3 rings (SSSR count). The molecule has 140 valence electrons. The third kappa shape index (κ3) is 4.64. The molecule has 0 bridgehead atoms. The van der Waals surface area contributed by atoms with Gasteiger partial charge in [0.25, 0.3) is 5.91 Å². The fraction of sp³-hybridized carbons (Fsp3) is 0.304. The van der Waals surface area contributed by atoms with E-state index >= 15 is 0 Å². The Hall–Kier alpha value is -2.88. The maximum Gasteiger partial charge on any atom is 0.257 e.